The van der Waals surface area contributed by atoms with Gasteiger partial charge in [-0.05, 0) is 27.7 Å². The zero-order valence-electron chi connectivity index (χ0n) is 15.6. The number of nitrogens with one attached hydrogen (secondary N) is 2. The quantitative estimate of drug-likeness (QED) is 0.512. The van der Waals surface area contributed by atoms with Crippen molar-refractivity contribution in [2.45, 2.75) is 51.9 Å². The molecule has 0 aliphatic carbocycles. The van der Waals surface area contributed by atoms with Crippen LogP contribution in [-0.4, -0.2) is 72.5 Å². The summed E-state index contributed by atoms with van der Waals surface area (Å²) >= 11 is 8.15. The summed E-state index contributed by atoms with van der Waals surface area (Å²) in [6, 6.07) is -1.05. The van der Waals surface area contributed by atoms with E-state index in [1.54, 1.807) is 6.92 Å². The van der Waals surface area contributed by atoms with Crippen LogP contribution in [0.4, 0.5) is 0 Å². The Morgan fingerprint density at radius 3 is 2.08 bits per heavy atom. The molecule has 26 heavy (non-hydrogen) atoms. The molecule has 0 saturated heterocycles. The van der Waals surface area contributed by atoms with Crippen molar-refractivity contribution in [3.63, 3.8) is 0 Å². The van der Waals surface area contributed by atoms with Crippen molar-refractivity contribution in [2.24, 2.45) is 9.98 Å². The SMILES string of the molecule is CCOC1=NC(C)C(=O)N[C@H]1CS.CCOC1=N[C@@H](CS)C(=O)NC1C. The van der Waals surface area contributed by atoms with E-state index in [-0.39, 0.29) is 29.9 Å². The predicted molar refractivity (Wildman–Crippen MR) is 109 cm³/mol. The van der Waals surface area contributed by atoms with Crippen molar-refractivity contribution >= 4 is 48.9 Å². The lowest BCUT2D eigenvalue weighted by Gasteiger charge is -2.25. The summed E-state index contributed by atoms with van der Waals surface area (Å²) in [6.45, 7) is 8.49. The third-order valence-corrected chi connectivity index (χ3v) is 4.28. The van der Waals surface area contributed by atoms with Crippen molar-refractivity contribution in [3.8, 4) is 0 Å². The van der Waals surface area contributed by atoms with Crippen LogP contribution >= 0.6 is 25.3 Å². The average molecular weight is 405 g/mol. The molecule has 10 heteroatoms. The van der Waals surface area contributed by atoms with E-state index >= 15 is 0 Å². The van der Waals surface area contributed by atoms with Crippen molar-refractivity contribution in [1.29, 1.82) is 0 Å². The number of carbonyl (C=O) groups is 2. The first-order valence-corrected chi connectivity index (χ1v) is 9.87. The number of ether oxygens (including phenoxy) is 2. The van der Waals surface area contributed by atoms with Gasteiger partial charge in [0.25, 0.3) is 0 Å². The molecule has 0 radical (unpaired) electrons. The Labute approximate surface area is 165 Å². The second-order valence-electron chi connectivity index (χ2n) is 5.65. The van der Waals surface area contributed by atoms with Crippen LogP contribution in [0.3, 0.4) is 0 Å². The van der Waals surface area contributed by atoms with Crippen LogP contribution in [0.5, 0.6) is 0 Å². The molecule has 8 nitrogen and oxygen atoms in total. The standard InChI is InChI=1S/2C8H14N2O2S/c1-3-12-8-5(2)9-7(11)6(4-13)10-8;1-3-12-8-6(4-13)10-7(11)5(2)9-8/h5-6,13H,3-4H2,1-2H3,(H,9,11);5-6,13H,3-4H2,1-2H3,(H,10,11)/t2*5?,6-/m00/s1. The van der Waals surface area contributed by atoms with Crippen LogP contribution in [-0.2, 0) is 19.1 Å². The molecule has 2 aliphatic rings. The summed E-state index contributed by atoms with van der Waals surface area (Å²) < 4.78 is 10.6. The highest BCUT2D eigenvalue weighted by molar-refractivity contribution is 7.80. The van der Waals surface area contributed by atoms with E-state index in [1.165, 1.54) is 0 Å². The lowest BCUT2D eigenvalue weighted by molar-refractivity contribution is -0.123. The molecule has 4 atom stereocenters. The smallest absolute Gasteiger partial charge is 0.246 e. The molecule has 0 fully saturated rings. The molecular weight excluding hydrogens is 376 g/mol. The summed E-state index contributed by atoms with van der Waals surface area (Å²) in [6.07, 6.45) is 0. The van der Waals surface area contributed by atoms with Gasteiger partial charge in [0.15, 0.2) is 0 Å². The molecule has 0 aromatic rings. The zero-order valence-corrected chi connectivity index (χ0v) is 17.3. The molecule has 148 valence electrons. The van der Waals surface area contributed by atoms with Crippen LogP contribution in [0.15, 0.2) is 9.98 Å². The molecule has 0 bridgehead atoms. The molecule has 2 N–H and O–H groups in total. The van der Waals surface area contributed by atoms with Gasteiger partial charge in [0.2, 0.25) is 23.6 Å². The zero-order chi connectivity index (χ0) is 19.7. The number of amides is 2. The van der Waals surface area contributed by atoms with Gasteiger partial charge in [0.05, 0.1) is 13.2 Å². The van der Waals surface area contributed by atoms with Crippen molar-refractivity contribution in [1.82, 2.24) is 10.6 Å². The van der Waals surface area contributed by atoms with Gasteiger partial charge in [0.1, 0.15) is 24.2 Å². The topological polar surface area (TPSA) is 101 Å². The van der Waals surface area contributed by atoms with E-state index in [4.69, 9.17) is 9.47 Å². The molecule has 0 spiro atoms. The van der Waals surface area contributed by atoms with Crippen molar-refractivity contribution < 1.29 is 19.1 Å². The number of thiol groups is 2. The highest BCUT2D eigenvalue weighted by Crippen LogP contribution is 2.07. The normalized spacial score (nSPS) is 27.9. The summed E-state index contributed by atoms with van der Waals surface area (Å²) in [5.74, 6) is 1.96. The fourth-order valence-electron chi connectivity index (χ4n) is 2.23. The first-order chi connectivity index (χ1) is 12.4. The molecule has 0 saturated carbocycles. The summed E-state index contributed by atoms with van der Waals surface area (Å²) in [5, 5.41) is 5.55. The van der Waals surface area contributed by atoms with Crippen molar-refractivity contribution in [3.05, 3.63) is 0 Å². The third kappa shape index (κ3) is 6.39. The Kier molecular flexibility index (Phi) is 9.85. The van der Waals surface area contributed by atoms with Gasteiger partial charge in [-0.25, -0.2) is 9.98 Å². The van der Waals surface area contributed by atoms with Crippen LogP contribution in [0.2, 0.25) is 0 Å². The van der Waals surface area contributed by atoms with Gasteiger partial charge in [0, 0.05) is 11.5 Å². The first kappa shape index (κ1) is 22.6. The number of carbonyl (C=O) groups excluding carboxylic acids is 2. The maximum absolute atomic E-state index is 11.3. The Morgan fingerprint density at radius 1 is 0.923 bits per heavy atom. The number of aliphatic imine (C=N–C) groups is 2. The Bertz CT molecular complexity index is 556. The minimum atomic E-state index is -0.402. The van der Waals surface area contributed by atoms with Crippen LogP contribution < -0.4 is 10.6 Å². The largest absolute Gasteiger partial charge is 0.480 e. The highest BCUT2D eigenvalue weighted by atomic mass is 32.1. The number of nitrogens with zero attached hydrogens (tertiary/aromatic N) is 2. The Morgan fingerprint density at radius 2 is 1.54 bits per heavy atom. The Hall–Kier alpha value is -1.42. The van der Waals surface area contributed by atoms with Gasteiger partial charge in [-0.3, -0.25) is 9.59 Å². The molecule has 2 rings (SSSR count). The summed E-state index contributed by atoms with van der Waals surface area (Å²) in [7, 11) is 0. The summed E-state index contributed by atoms with van der Waals surface area (Å²) in [4.78, 5) is 30.8. The number of hydrogen-bond donors (Lipinski definition) is 4. The number of hydrogen-bond acceptors (Lipinski definition) is 8. The molecule has 0 aromatic heterocycles. The predicted octanol–water partition coefficient (Wildman–Crippen LogP) is 0.476. The van der Waals surface area contributed by atoms with Crippen LogP contribution in [0.1, 0.15) is 27.7 Å². The molecule has 2 unspecified atom stereocenters. The minimum Gasteiger partial charge on any atom is -0.480 e. The van der Waals surface area contributed by atoms with E-state index in [1.807, 2.05) is 20.8 Å². The number of rotatable bonds is 4. The highest BCUT2D eigenvalue weighted by Gasteiger charge is 2.28. The maximum atomic E-state index is 11.3. The molecular formula is C16H28N4O4S2. The Balaban J connectivity index is 0.000000260. The third-order valence-electron chi connectivity index (χ3n) is 3.57. The van der Waals surface area contributed by atoms with Crippen LogP contribution in [0.25, 0.3) is 0 Å². The van der Waals surface area contributed by atoms with E-state index < -0.39 is 6.04 Å². The maximum Gasteiger partial charge on any atom is 0.246 e. The molecule has 2 aliphatic heterocycles. The minimum absolute atomic E-state index is 0.0671. The van der Waals surface area contributed by atoms with E-state index in [0.717, 1.165) is 0 Å². The van der Waals surface area contributed by atoms with Gasteiger partial charge in [-0.1, -0.05) is 0 Å². The van der Waals surface area contributed by atoms with E-state index in [9.17, 15) is 9.59 Å². The lowest BCUT2D eigenvalue weighted by atomic mass is 10.2. The van der Waals surface area contributed by atoms with Gasteiger partial charge in [-0.2, -0.15) is 25.3 Å². The van der Waals surface area contributed by atoms with Crippen LogP contribution in [0, 0.1) is 0 Å². The fraction of sp³-hybridized carbons (Fsp3) is 0.750. The second-order valence-corrected chi connectivity index (χ2v) is 6.38. The van der Waals surface area contributed by atoms with Crippen molar-refractivity contribution in [2.75, 3.05) is 24.7 Å². The second kappa shape index (κ2) is 11.3. The lowest BCUT2D eigenvalue weighted by Crippen LogP contribution is -2.51. The van der Waals surface area contributed by atoms with Gasteiger partial charge >= 0.3 is 0 Å². The first-order valence-electron chi connectivity index (χ1n) is 8.61. The molecule has 0 aromatic carbocycles. The summed E-state index contributed by atoms with van der Waals surface area (Å²) in [5.41, 5.74) is 0. The molecule has 2 heterocycles. The fourth-order valence-corrected chi connectivity index (χ4v) is 2.73. The molecule has 2 amide bonds. The van der Waals surface area contributed by atoms with Gasteiger partial charge in [-0.15, -0.1) is 0 Å². The van der Waals surface area contributed by atoms with Gasteiger partial charge < -0.3 is 20.1 Å². The monoisotopic (exact) mass is 404 g/mol. The van der Waals surface area contributed by atoms with E-state index in [2.05, 4.69) is 45.9 Å². The average Bonchev–Trinajstić information content (AvgIpc) is 2.61. The van der Waals surface area contributed by atoms with E-state index in [0.29, 0.717) is 36.5 Å².